The van der Waals surface area contributed by atoms with Crippen molar-refractivity contribution >= 4 is 34.3 Å². The Hall–Kier alpha value is -3.13. The van der Waals surface area contributed by atoms with Gasteiger partial charge in [-0.25, -0.2) is 19.8 Å². The van der Waals surface area contributed by atoms with Crippen LogP contribution in [0.25, 0.3) is 22.5 Å². The number of nitrogens with one attached hydrogen (secondary N) is 1. The van der Waals surface area contributed by atoms with Gasteiger partial charge in [0, 0.05) is 14.7 Å². The quantitative estimate of drug-likeness (QED) is 0.193. The second kappa shape index (κ2) is 9.13. The number of halogens is 2. The van der Waals surface area contributed by atoms with Gasteiger partial charge in [0.15, 0.2) is 0 Å². The molecule has 3 aromatic carbocycles. The molecule has 0 amide bonds. The van der Waals surface area contributed by atoms with E-state index in [9.17, 15) is 4.39 Å². The molecule has 0 atom stereocenters. The minimum atomic E-state index is -0.285. The number of anilines is 1. The standard InChI is InChI=1S/C24H18FIN4/c1-16(17-9-13-21(26)14-10-17)29-30-24-27-22(18-5-3-2-4-6-18)15-23(28-24)19-7-11-20(25)12-8-19/h2-15H,1H3,(H,27,28,30)/b29-16+. The van der Waals surface area contributed by atoms with Gasteiger partial charge in [-0.3, -0.25) is 0 Å². The number of benzene rings is 3. The van der Waals surface area contributed by atoms with Crippen LogP contribution in [0, 0.1) is 9.39 Å². The van der Waals surface area contributed by atoms with Gasteiger partial charge in [-0.05, 0) is 77.5 Å². The molecule has 1 N–H and O–H groups in total. The molecule has 0 aliphatic heterocycles. The Morgan fingerprint density at radius 1 is 0.833 bits per heavy atom. The van der Waals surface area contributed by atoms with Crippen LogP contribution >= 0.6 is 22.6 Å². The third kappa shape index (κ3) is 4.88. The number of hydrogen-bond donors (Lipinski definition) is 1. The van der Waals surface area contributed by atoms with E-state index >= 15 is 0 Å². The highest BCUT2D eigenvalue weighted by Crippen LogP contribution is 2.25. The van der Waals surface area contributed by atoms with Gasteiger partial charge < -0.3 is 0 Å². The van der Waals surface area contributed by atoms with Crippen molar-refractivity contribution in [1.29, 1.82) is 0 Å². The number of nitrogens with zero attached hydrogens (tertiary/aromatic N) is 3. The highest BCUT2D eigenvalue weighted by molar-refractivity contribution is 14.1. The third-order valence-corrected chi connectivity index (χ3v) is 5.24. The van der Waals surface area contributed by atoms with Crippen molar-refractivity contribution in [3.05, 3.63) is 99.9 Å². The monoisotopic (exact) mass is 508 g/mol. The fourth-order valence-corrected chi connectivity index (χ4v) is 3.27. The van der Waals surface area contributed by atoms with Crippen LogP contribution in [-0.4, -0.2) is 15.7 Å². The van der Waals surface area contributed by atoms with Gasteiger partial charge in [-0.15, -0.1) is 0 Å². The van der Waals surface area contributed by atoms with E-state index in [4.69, 9.17) is 0 Å². The lowest BCUT2D eigenvalue weighted by Gasteiger charge is -2.09. The van der Waals surface area contributed by atoms with Crippen LogP contribution in [0.1, 0.15) is 12.5 Å². The van der Waals surface area contributed by atoms with E-state index in [0.717, 1.165) is 28.1 Å². The first-order valence-electron chi connectivity index (χ1n) is 9.35. The van der Waals surface area contributed by atoms with Crippen molar-refractivity contribution in [2.75, 3.05) is 5.43 Å². The van der Waals surface area contributed by atoms with Gasteiger partial charge in [-0.2, -0.15) is 5.10 Å². The normalized spacial score (nSPS) is 11.4. The van der Waals surface area contributed by atoms with E-state index in [2.05, 4.69) is 43.1 Å². The molecule has 1 aromatic heterocycles. The van der Waals surface area contributed by atoms with Crippen molar-refractivity contribution in [2.24, 2.45) is 5.10 Å². The molecule has 0 spiro atoms. The van der Waals surface area contributed by atoms with E-state index in [1.54, 1.807) is 12.1 Å². The van der Waals surface area contributed by atoms with Gasteiger partial charge in [-0.1, -0.05) is 42.5 Å². The average Bonchev–Trinajstić information content (AvgIpc) is 2.79. The van der Waals surface area contributed by atoms with Crippen molar-refractivity contribution in [1.82, 2.24) is 9.97 Å². The van der Waals surface area contributed by atoms with Gasteiger partial charge in [0.1, 0.15) is 5.82 Å². The van der Waals surface area contributed by atoms with E-state index in [-0.39, 0.29) is 5.82 Å². The highest BCUT2D eigenvalue weighted by atomic mass is 127. The zero-order chi connectivity index (χ0) is 20.9. The van der Waals surface area contributed by atoms with E-state index < -0.39 is 0 Å². The van der Waals surface area contributed by atoms with E-state index in [0.29, 0.717) is 11.6 Å². The molecule has 1 heterocycles. The Morgan fingerprint density at radius 2 is 1.43 bits per heavy atom. The van der Waals surface area contributed by atoms with Gasteiger partial charge in [0.2, 0.25) is 5.95 Å². The third-order valence-electron chi connectivity index (χ3n) is 4.52. The average molecular weight is 508 g/mol. The Balaban J connectivity index is 1.71. The molecular weight excluding hydrogens is 490 g/mol. The predicted molar refractivity (Wildman–Crippen MR) is 128 cm³/mol. The molecule has 0 aliphatic carbocycles. The molecule has 0 saturated heterocycles. The summed E-state index contributed by atoms with van der Waals surface area (Å²) in [5.41, 5.74) is 8.03. The Morgan fingerprint density at radius 3 is 2.07 bits per heavy atom. The van der Waals surface area contributed by atoms with Crippen LogP contribution in [-0.2, 0) is 0 Å². The summed E-state index contributed by atoms with van der Waals surface area (Å²) in [6, 6.07) is 26.1. The molecule has 30 heavy (non-hydrogen) atoms. The summed E-state index contributed by atoms with van der Waals surface area (Å²) in [7, 11) is 0. The number of rotatable bonds is 5. The van der Waals surface area contributed by atoms with Crippen LogP contribution < -0.4 is 5.43 Å². The van der Waals surface area contributed by atoms with Gasteiger partial charge >= 0.3 is 0 Å². The van der Waals surface area contributed by atoms with Gasteiger partial charge in [0.25, 0.3) is 0 Å². The summed E-state index contributed by atoms with van der Waals surface area (Å²) >= 11 is 2.27. The molecule has 4 rings (SSSR count). The summed E-state index contributed by atoms with van der Waals surface area (Å²) in [4.78, 5) is 9.21. The molecule has 148 valence electrons. The van der Waals surface area contributed by atoms with Crippen LogP contribution in [0.4, 0.5) is 10.3 Å². The summed E-state index contributed by atoms with van der Waals surface area (Å²) in [6.45, 7) is 1.93. The summed E-state index contributed by atoms with van der Waals surface area (Å²) < 4.78 is 14.5. The van der Waals surface area contributed by atoms with E-state index in [1.165, 1.54) is 15.7 Å². The number of hydrazone groups is 1. The van der Waals surface area contributed by atoms with E-state index in [1.807, 2.05) is 67.6 Å². The second-order valence-corrected chi connectivity index (χ2v) is 7.90. The maximum absolute atomic E-state index is 13.4. The fourth-order valence-electron chi connectivity index (χ4n) is 2.91. The molecular formula is C24H18FIN4. The summed E-state index contributed by atoms with van der Waals surface area (Å²) in [5, 5.41) is 4.46. The molecule has 0 bridgehead atoms. The summed E-state index contributed by atoms with van der Waals surface area (Å²) in [6.07, 6.45) is 0. The van der Waals surface area contributed by atoms with Crippen molar-refractivity contribution in [3.8, 4) is 22.5 Å². The lowest BCUT2D eigenvalue weighted by molar-refractivity contribution is 0.628. The maximum atomic E-state index is 13.4. The highest BCUT2D eigenvalue weighted by Gasteiger charge is 2.09. The first-order valence-corrected chi connectivity index (χ1v) is 10.4. The van der Waals surface area contributed by atoms with Crippen molar-refractivity contribution < 1.29 is 4.39 Å². The number of aromatic nitrogens is 2. The first-order chi connectivity index (χ1) is 14.6. The molecule has 0 aliphatic rings. The molecule has 6 heteroatoms. The Kier molecular flexibility index (Phi) is 6.13. The Labute approximate surface area is 188 Å². The molecule has 0 unspecified atom stereocenters. The largest absolute Gasteiger partial charge is 0.245 e. The zero-order valence-corrected chi connectivity index (χ0v) is 18.3. The first kappa shape index (κ1) is 20.2. The topological polar surface area (TPSA) is 50.2 Å². The maximum Gasteiger partial charge on any atom is 0.244 e. The lowest BCUT2D eigenvalue weighted by atomic mass is 10.1. The summed E-state index contributed by atoms with van der Waals surface area (Å²) in [5.74, 6) is 0.0905. The zero-order valence-electron chi connectivity index (χ0n) is 16.2. The van der Waals surface area contributed by atoms with Crippen molar-refractivity contribution in [2.45, 2.75) is 6.92 Å². The Bertz CT molecular complexity index is 1170. The minimum absolute atomic E-state index is 0.285. The molecule has 0 saturated carbocycles. The SMILES string of the molecule is C/C(=N\Nc1nc(-c2ccccc2)cc(-c2ccc(F)cc2)n1)c1ccc(I)cc1. The minimum Gasteiger partial charge on any atom is -0.245 e. The van der Waals surface area contributed by atoms with Crippen LogP contribution in [0.5, 0.6) is 0 Å². The van der Waals surface area contributed by atoms with Crippen LogP contribution in [0.3, 0.4) is 0 Å². The number of hydrogen-bond acceptors (Lipinski definition) is 4. The van der Waals surface area contributed by atoms with Crippen molar-refractivity contribution in [3.63, 3.8) is 0 Å². The lowest BCUT2D eigenvalue weighted by Crippen LogP contribution is -2.04. The molecule has 0 fully saturated rings. The molecule has 4 nitrogen and oxygen atoms in total. The smallest absolute Gasteiger partial charge is 0.244 e. The predicted octanol–water partition coefficient (Wildman–Crippen LogP) is 6.39. The molecule has 4 aromatic rings. The second-order valence-electron chi connectivity index (χ2n) is 6.65. The fraction of sp³-hybridized carbons (Fsp3) is 0.0417. The van der Waals surface area contributed by atoms with Gasteiger partial charge in [0.05, 0.1) is 17.1 Å². The van der Waals surface area contributed by atoms with Crippen LogP contribution in [0.2, 0.25) is 0 Å². The molecule has 0 radical (unpaired) electrons. The van der Waals surface area contributed by atoms with Crippen LogP contribution in [0.15, 0.2) is 90.0 Å².